The van der Waals surface area contributed by atoms with Gasteiger partial charge in [0.25, 0.3) is 5.91 Å². The first-order chi connectivity index (χ1) is 10.5. The number of methoxy groups -OCH3 is 1. The molecule has 0 aliphatic heterocycles. The zero-order valence-corrected chi connectivity index (χ0v) is 14.9. The summed E-state index contributed by atoms with van der Waals surface area (Å²) in [4.78, 5) is 11.9. The Bertz CT molecular complexity index is 652. The molecule has 1 heterocycles. The summed E-state index contributed by atoms with van der Waals surface area (Å²) in [6, 6.07) is 3.89. The number of rotatable bonds is 6. The van der Waals surface area contributed by atoms with Crippen molar-refractivity contribution in [2.75, 3.05) is 19.0 Å². The van der Waals surface area contributed by atoms with Crippen LogP contribution < -0.4 is 10.1 Å². The minimum Gasteiger partial charge on any atom is -0.483 e. The fraction of sp³-hybridized carbons (Fsp3) is 0.357. The topological polar surface area (TPSA) is 73.3 Å². The summed E-state index contributed by atoms with van der Waals surface area (Å²) in [5, 5.41) is 11.6. The summed E-state index contributed by atoms with van der Waals surface area (Å²) in [7, 11) is 1.58. The molecule has 0 saturated carbocycles. The van der Waals surface area contributed by atoms with E-state index < -0.39 is 0 Å². The van der Waals surface area contributed by atoms with Crippen LogP contribution in [0.4, 0.5) is 5.13 Å². The highest BCUT2D eigenvalue weighted by atomic mass is 79.9. The molecule has 6 nitrogen and oxygen atoms in total. The summed E-state index contributed by atoms with van der Waals surface area (Å²) in [5.41, 5.74) is 1.94. The van der Waals surface area contributed by atoms with E-state index in [0.717, 1.165) is 21.3 Å². The van der Waals surface area contributed by atoms with E-state index in [9.17, 15) is 4.79 Å². The van der Waals surface area contributed by atoms with E-state index in [-0.39, 0.29) is 12.5 Å². The fourth-order valence-corrected chi connectivity index (χ4v) is 3.32. The molecule has 0 radical (unpaired) electrons. The molecule has 118 valence electrons. The van der Waals surface area contributed by atoms with Gasteiger partial charge in [0.15, 0.2) is 6.61 Å². The largest absolute Gasteiger partial charge is 0.483 e. The quantitative estimate of drug-likeness (QED) is 0.826. The zero-order valence-electron chi connectivity index (χ0n) is 12.5. The third-order valence-corrected chi connectivity index (χ3v) is 4.02. The van der Waals surface area contributed by atoms with Gasteiger partial charge in [0.2, 0.25) is 5.13 Å². The summed E-state index contributed by atoms with van der Waals surface area (Å²) < 4.78 is 11.5. The first-order valence-electron chi connectivity index (χ1n) is 6.50. The average Bonchev–Trinajstić information content (AvgIpc) is 2.85. The molecule has 2 rings (SSSR count). The number of carbonyl (C=O) groups excluding carboxylic acids is 1. The average molecular weight is 386 g/mol. The standard InChI is InChI=1S/C14H16BrN3O3S/c1-8-4-10(15)5-9(2)13(8)21-6-11(19)16-14-18-17-12(22-14)7-20-3/h4-5H,6-7H2,1-3H3,(H,16,18,19). The summed E-state index contributed by atoms with van der Waals surface area (Å²) >= 11 is 4.70. The van der Waals surface area contributed by atoms with Crippen LogP contribution in [0, 0.1) is 13.8 Å². The van der Waals surface area contributed by atoms with E-state index in [2.05, 4.69) is 31.4 Å². The van der Waals surface area contributed by atoms with Gasteiger partial charge in [-0.05, 0) is 37.1 Å². The number of benzene rings is 1. The Labute approximate surface area is 141 Å². The van der Waals surface area contributed by atoms with Crippen molar-refractivity contribution in [3.8, 4) is 5.75 Å². The first-order valence-corrected chi connectivity index (χ1v) is 8.11. The van der Waals surface area contributed by atoms with Gasteiger partial charge in [-0.1, -0.05) is 27.3 Å². The van der Waals surface area contributed by atoms with Crippen LogP contribution in [0.1, 0.15) is 16.1 Å². The van der Waals surface area contributed by atoms with Gasteiger partial charge in [-0.15, -0.1) is 10.2 Å². The van der Waals surface area contributed by atoms with Crippen molar-refractivity contribution >= 4 is 38.3 Å². The molecular weight excluding hydrogens is 370 g/mol. The molecule has 0 unspecified atom stereocenters. The Kier molecular flexibility index (Phi) is 5.87. The smallest absolute Gasteiger partial charge is 0.264 e. The minimum absolute atomic E-state index is 0.0808. The maximum Gasteiger partial charge on any atom is 0.264 e. The van der Waals surface area contributed by atoms with Crippen LogP contribution in [0.25, 0.3) is 0 Å². The third kappa shape index (κ3) is 4.49. The van der Waals surface area contributed by atoms with Crippen LogP contribution in [0.3, 0.4) is 0 Å². The molecular formula is C14H16BrN3O3S. The van der Waals surface area contributed by atoms with E-state index in [1.165, 1.54) is 11.3 Å². The van der Waals surface area contributed by atoms with Crippen molar-refractivity contribution in [3.05, 3.63) is 32.7 Å². The molecule has 1 N–H and O–H groups in total. The number of aromatic nitrogens is 2. The number of hydrogen-bond donors (Lipinski definition) is 1. The molecule has 2 aromatic rings. The second-order valence-electron chi connectivity index (χ2n) is 4.64. The molecule has 0 saturated heterocycles. The lowest BCUT2D eigenvalue weighted by Crippen LogP contribution is -2.20. The van der Waals surface area contributed by atoms with Crippen molar-refractivity contribution in [3.63, 3.8) is 0 Å². The van der Waals surface area contributed by atoms with Crippen molar-refractivity contribution in [1.82, 2.24) is 10.2 Å². The third-order valence-electron chi connectivity index (χ3n) is 2.75. The van der Waals surface area contributed by atoms with E-state index in [0.29, 0.717) is 16.7 Å². The van der Waals surface area contributed by atoms with Crippen LogP contribution in [0.5, 0.6) is 5.75 Å². The second kappa shape index (κ2) is 7.66. The Morgan fingerprint density at radius 2 is 2.00 bits per heavy atom. The fourth-order valence-electron chi connectivity index (χ4n) is 1.90. The monoisotopic (exact) mass is 385 g/mol. The summed E-state index contributed by atoms with van der Waals surface area (Å²) in [6.45, 7) is 4.17. The number of halogens is 1. The molecule has 0 atom stereocenters. The number of ether oxygens (including phenoxy) is 2. The van der Waals surface area contributed by atoms with Crippen LogP contribution >= 0.6 is 27.3 Å². The summed E-state index contributed by atoms with van der Waals surface area (Å²) in [6.07, 6.45) is 0. The van der Waals surface area contributed by atoms with Gasteiger partial charge >= 0.3 is 0 Å². The van der Waals surface area contributed by atoms with E-state index >= 15 is 0 Å². The van der Waals surface area contributed by atoms with E-state index in [1.807, 2.05) is 26.0 Å². The number of carbonyl (C=O) groups is 1. The van der Waals surface area contributed by atoms with Gasteiger partial charge in [-0.25, -0.2) is 0 Å². The molecule has 0 aliphatic rings. The lowest BCUT2D eigenvalue weighted by molar-refractivity contribution is -0.118. The minimum atomic E-state index is -0.276. The molecule has 1 aromatic heterocycles. The molecule has 0 spiro atoms. The molecule has 1 amide bonds. The SMILES string of the molecule is COCc1nnc(NC(=O)COc2c(C)cc(Br)cc2C)s1. The van der Waals surface area contributed by atoms with Crippen LogP contribution in [-0.4, -0.2) is 29.8 Å². The normalized spacial score (nSPS) is 10.5. The molecule has 8 heteroatoms. The number of aryl methyl sites for hydroxylation is 2. The number of anilines is 1. The molecule has 1 aromatic carbocycles. The summed E-state index contributed by atoms with van der Waals surface area (Å²) in [5.74, 6) is 0.442. The Morgan fingerprint density at radius 1 is 1.32 bits per heavy atom. The highest BCUT2D eigenvalue weighted by Crippen LogP contribution is 2.27. The Balaban J connectivity index is 1.92. The van der Waals surface area contributed by atoms with Crippen molar-refractivity contribution in [1.29, 1.82) is 0 Å². The Hall–Kier alpha value is -1.51. The lowest BCUT2D eigenvalue weighted by atomic mass is 10.1. The number of nitrogens with zero attached hydrogens (tertiary/aromatic N) is 2. The highest BCUT2D eigenvalue weighted by molar-refractivity contribution is 9.10. The molecule has 22 heavy (non-hydrogen) atoms. The molecule has 0 aliphatic carbocycles. The Morgan fingerprint density at radius 3 is 2.64 bits per heavy atom. The maximum absolute atomic E-state index is 11.9. The highest BCUT2D eigenvalue weighted by Gasteiger charge is 2.11. The number of nitrogens with one attached hydrogen (secondary N) is 1. The van der Waals surface area contributed by atoms with Crippen molar-refractivity contribution < 1.29 is 14.3 Å². The van der Waals surface area contributed by atoms with Gasteiger partial charge in [0.1, 0.15) is 17.4 Å². The van der Waals surface area contributed by atoms with Gasteiger partial charge < -0.3 is 9.47 Å². The first kappa shape index (κ1) is 16.9. The maximum atomic E-state index is 11.9. The van der Waals surface area contributed by atoms with Crippen molar-refractivity contribution in [2.45, 2.75) is 20.5 Å². The van der Waals surface area contributed by atoms with Crippen LogP contribution in [-0.2, 0) is 16.1 Å². The van der Waals surface area contributed by atoms with Gasteiger partial charge in [0.05, 0.1) is 0 Å². The second-order valence-corrected chi connectivity index (χ2v) is 6.62. The number of hydrogen-bond acceptors (Lipinski definition) is 6. The van der Waals surface area contributed by atoms with Crippen LogP contribution in [0.15, 0.2) is 16.6 Å². The van der Waals surface area contributed by atoms with Gasteiger partial charge in [-0.2, -0.15) is 0 Å². The lowest BCUT2D eigenvalue weighted by Gasteiger charge is -2.12. The van der Waals surface area contributed by atoms with E-state index in [1.54, 1.807) is 7.11 Å². The zero-order chi connectivity index (χ0) is 16.1. The van der Waals surface area contributed by atoms with Crippen molar-refractivity contribution in [2.24, 2.45) is 0 Å². The predicted octanol–water partition coefficient (Wildman–Crippen LogP) is 3.08. The van der Waals surface area contributed by atoms with Gasteiger partial charge in [-0.3, -0.25) is 10.1 Å². The van der Waals surface area contributed by atoms with Crippen LogP contribution in [0.2, 0.25) is 0 Å². The predicted molar refractivity (Wildman–Crippen MR) is 88.4 cm³/mol. The molecule has 0 fully saturated rings. The van der Waals surface area contributed by atoms with E-state index in [4.69, 9.17) is 9.47 Å². The van der Waals surface area contributed by atoms with Gasteiger partial charge in [0, 0.05) is 11.6 Å². The molecule has 0 bridgehead atoms. The number of amides is 1.